The van der Waals surface area contributed by atoms with Crippen LogP contribution in [-0.2, 0) is 9.59 Å². The normalized spacial score (nSPS) is 15.7. The van der Waals surface area contributed by atoms with Gasteiger partial charge in [-0.1, -0.05) is 11.6 Å². The molecule has 0 radical (unpaired) electrons. The number of hydrogen-bond donors (Lipinski definition) is 1. The second-order valence-electron chi connectivity index (χ2n) is 6.29. The monoisotopic (exact) mass is 392 g/mol. The first-order valence-corrected chi connectivity index (χ1v) is 8.50. The van der Waals surface area contributed by atoms with Gasteiger partial charge >= 0.3 is 12.1 Å². The number of likely N-dealkylation sites (tertiary alicyclic amines) is 1. The van der Waals surface area contributed by atoms with Crippen LogP contribution in [-0.4, -0.2) is 48.6 Å². The number of nitrogens with one attached hydrogen (secondary N) is 1. The third-order valence-electron chi connectivity index (χ3n) is 4.21. The van der Waals surface area contributed by atoms with Crippen LogP contribution in [0.15, 0.2) is 12.1 Å². The fourth-order valence-electron chi connectivity index (χ4n) is 2.77. The van der Waals surface area contributed by atoms with Crippen LogP contribution in [0.5, 0.6) is 5.75 Å². The molecule has 1 N–H and O–H groups in total. The lowest BCUT2D eigenvalue weighted by molar-refractivity contribution is -0.174. The maximum atomic E-state index is 12.3. The van der Waals surface area contributed by atoms with Crippen molar-refractivity contribution in [2.24, 2.45) is 0 Å². The fourth-order valence-corrected chi connectivity index (χ4v) is 2.88. The van der Waals surface area contributed by atoms with E-state index in [9.17, 15) is 22.8 Å². The molecule has 2 rings (SSSR count). The first-order chi connectivity index (χ1) is 12.1. The van der Waals surface area contributed by atoms with Gasteiger partial charge in [-0.25, -0.2) is 0 Å². The summed E-state index contributed by atoms with van der Waals surface area (Å²) >= 11 is 6.08. The Bertz CT molecular complexity index is 663. The van der Waals surface area contributed by atoms with E-state index in [1.165, 1.54) is 4.90 Å². The van der Waals surface area contributed by atoms with Gasteiger partial charge in [0.1, 0.15) is 5.75 Å². The molecule has 0 aromatic heterocycles. The molecule has 2 amide bonds. The molecular formula is C17H20ClF3N2O3. The van der Waals surface area contributed by atoms with E-state index in [4.69, 9.17) is 16.3 Å². The minimum atomic E-state index is -4.89. The van der Waals surface area contributed by atoms with Crippen molar-refractivity contribution in [1.29, 1.82) is 0 Å². The second kappa shape index (κ2) is 8.16. The highest BCUT2D eigenvalue weighted by Gasteiger charge is 2.40. The van der Waals surface area contributed by atoms with Crippen LogP contribution in [0.4, 0.5) is 13.2 Å². The molecule has 0 bridgehead atoms. The molecule has 1 aromatic rings. The van der Waals surface area contributed by atoms with Crippen molar-refractivity contribution in [2.75, 3.05) is 19.7 Å². The number of benzene rings is 1. The van der Waals surface area contributed by atoms with Crippen molar-refractivity contribution in [3.8, 4) is 5.75 Å². The van der Waals surface area contributed by atoms with Gasteiger partial charge in [0.2, 0.25) is 0 Å². The minimum absolute atomic E-state index is 0.167. The summed E-state index contributed by atoms with van der Waals surface area (Å²) in [7, 11) is 0. The molecule has 1 heterocycles. The zero-order chi connectivity index (χ0) is 19.5. The Kier molecular flexibility index (Phi) is 6.39. The van der Waals surface area contributed by atoms with Crippen LogP contribution in [0.1, 0.15) is 24.0 Å². The van der Waals surface area contributed by atoms with E-state index in [0.717, 1.165) is 11.1 Å². The largest absolute Gasteiger partial charge is 0.484 e. The minimum Gasteiger partial charge on any atom is -0.484 e. The summed E-state index contributed by atoms with van der Waals surface area (Å²) in [5.41, 5.74) is 1.69. The van der Waals surface area contributed by atoms with Gasteiger partial charge < -0.3 is 15.0 Å². The molecule has 26 heavy (non-hydrogen) atoms. The number of alkyl halides is 3. The second-order valence-corrected chi connectivity index (χ2v) is 6.66. The Morgan fingerprint density at radius 3 is 2.27 bits per heavy atom. The standard InChI is InChI=1S/C17H20ClF3N2O3/c1-10-7-13(8-11(2)15(10)18)26-9-14(24)23-5-3-12(4-6-23)22-16(25)17(19,20)21/h7-8,12H,3-6,9H2,1-2H3,(H,22,25). The predicted molar refractivity (Wildman–Crippen MR) is 90.2 cm³/mol. The molecule has 5 nitrogen and oxygen atoms in total. The molecule has 1 aromatic carbocycles. The average molecular weight is 393 g/mol. The van der Waals surface area contributed by atoms with E-state index in [2.05, 4.69) is 0 Å². The SMILES string of the molecule is Cc1cc(OCC(=O)N2CCC(NC(=O)C(F)(F)F)CC2)cc(C)c1Cl. The van der Waals surface area contributed by atoms with Crippen LogP contribution >= 0.6 is 11.6 Å². The number of halogens is 4. The maximum Gasteiger partial charge on any atom is 0.471 e. The van der Waals surface area contributed by atoms with Gasteiger partial charge in [-0.05, 0) is 49.9 Å². The summed E-state index contributed by atoms with van der Waals surface area (Å²) < 4.78 is 42.3. The van der Waals surface area contributed by atoms with E-state index in [0.29, 0.717) is 10.8 Å². The number of nitrogens with zero attached hydrogens (tertiary/aromatic N) is 1. The van der Waals surface area contributed by atoms with Crippen LogP contribution in [0.25, 0.3) is 0 Å². The van der Waals surface area contributed by atoms with Crippen LogP contribution in [0.2, 0.25) is 5.02 Å². The summed E-state index contributed by atoms with van der Waals surface area (Å²) in [5, 5.41) is 2.59. The zero-order valence-corrected chi connectivity index (χ0v) is 15.2. The van der Waals surface area contributed by atoms with Gasteiger partial charge in [-0.15, -0.1) is 0 Å². The molecule has 0 spiro atoms. The maximum absolute atomic E-state index is 12.3. The van der Waals surface area contributed by atoms with Gasteiger partial charge in [-0.2, -0.15) is 13.2 Å². The lowest BCUT2D eigenvalue weighted by Crippen LogP contribution is -2.50. The summed E-state index contributed by atoms with van der Waals surface area (Å²) in [6.45, 7) is 4.04. The van der Waals surface area contributed by atoms with Crippen LogP contribution in [0.3, 0.4) is 0 Å². The number of amides is 2. The number of hydrogen-bond acceptors (Lipinski definition) is 3. The molecule has 1 fully saturated rings. The molecule has 0 atom stereocenters. The molecule has 144 valence electrons. The topological polar surface area (TPSA) is 58.6 Å². The van der Waals surface area contributed by atoms with Gasteiger partial charge in [0.05, 0.1) is 0 Å². The van der Waals surface area contributed by atoms with Gasteiger partial charge in [0, 0.05) is 24.2 Å². The fraction of sp³-hybridized carbons (Fsp3) is 0.529. The molecule has 1 aliphatic heterocycles. The van der Waals surface area contributed by atoms with Crippen molar-refractivity contribution < 1.29 is 27.5 Å². The molecule has 0 aliphatic carbocycles. The molecule has 0 saturated carbocycles. The lowest BCUT2D eigenvalue weighted by atomic mass is 10.0. The highest BCUT2D eigenvalue weighted by molar-refractivity contribution is 6.32. The molecule has 1 saturated heterocycles. The third kappa shape index (κ3) is 5.27. The van der Waals surface area contributed by atoms with E-state index >= 15 is 0 Å². The lowest BCUT2D eigenvalue weighted by Gasteiger charge is -2.32. The number of carbonyl (C=O) groups is 2. The Morgan fingerprint density at radius 1 is 1.23 bits per heavy atom. The van der Waals surface area contributed by atoms with Crippen molar-refractivity contribution in [3.05, 3.63) is 28.3 Å². The molecule has 1 aliphatic rings. The third-order valence-corrected chi connectivity index (χ3v) is 4.81. The van der Waals surface area contributed by atoms with Crippen molar-refractivity contribution in [2.45, 2.75) is 38.9 Å². The Hall–Kier alpha value is -1.96. The number of carbonyl (C=O) groups excluding carboxylic acids is 2. The van der Waals surface area contributed by atoms with Gasteiger partial charge in [-0.3, -0.25) is 9.59 Å². The van der Waals surface area contributed by atoms with E-state index in [1.54, 1.807) is 12.1 Å². The van der Waals surface area contributed by atoms with Crippen molar-refractivity contribution >= 4 is 23.4 Å². The first kappa shape index (κ1) is 20.4. The van der Waals surface area contributed by atoms with E-state index in [-0.39, 0.29) is 38.4 Å². The van der Waals surface area contributed by atoms with Gasteiger partial charge in [0.25, 0.3) is 5.91 Å². The van der Waals surface area contributed by atoms with Crippen molar-refractivity contribution in [3.63, 3.8) is 0 Å². The zero-order valence-electron chi connectivity index (χ0n) is 14.5. The Balaban J connectivity index is 1.81. The molecular weight excluding hydrogens is 373 g/mol. The number of ether oxygens (including phenoxy) is 1. The highest BCUT2D eigenvalue weighted by atomic mass is 35.5. The average Bonchev–Trinajstić information content (AvgIpc) is 2.57. The van der Waals surface area contributed by atoms with Crippen LogP contribution < -0.4 is 10.1 Å². The number of aryl methyl sites for hydroxylation is 2. The smallest absolute Gasteiger partial charge is 0.471 e. The Labute approximate surface area is 154 Å². The van der Waals surface area contributed by atoms with Crippen molar-refractivity contribution in [1.82, 2.24) is 10.2 Å². The highest BCUT2D eigenvalue weighted by Crippen LogP contribution is 2.26. The summed E-state index contributed by atoms with van der Waals surface area (Å²) in [4.78, 5) is 24.7. The summed E-state index contributed by atoms with van der Waals surface area (Å²) in [5.74, 6) is -1.67. The van der Waals surface area contributed by atoms with Crippen LogP contribution in [0, 0.1) is 13.8 Å². The van der Waals surface area contributed by atoms with Gasteiger partial charge in [0.15, 0.2) is 6.61 Å². The van der Waals surface area contributed by atoms with E-state index < -0.39 is 18.1 Å². The van der Waals surface area contributed by atoms with E-state index in [1.807, 2.05) is 19.2 Å². The number of rotatable bonds is 4. The quantitative estimate of drug-likeness (QED) is 0.857. The molecule has 0 unspecified atom stereocenters. The summed E-state index contributed by atoms with van der Waals surface area (Å²) in [6, 6.07) is 2.89. The first-order valence-electron chi connectivity index (χ1n) is 8.13. The Morgan fingerprint density at radius 2 is 1.77 bits per heavy atom. The number of piperidine rings is 1. The predicted octanol–water partition coefficient (Wildman–Crippen LogP) is 3.01. The molecule has 9 heteroatoms. The summed E-state index contributed by atoms with van der Waals surface area (Å²) in [6.07, 6.45) is -4.35.